The monoisotopic (exact) mass is 523 g/mol. The highest BCUT2D eigenvalue weighted by Crippen LogP contribution is 2.47. The van der Waals surface area contributed by atoms with E-state index in [4.69, 9.17) is 34.7 Å². The first-order valence-corrected chi connectivity index (χ1v) is 11.5. The number of nitrogen functional groups attached to an aromatic ring is 1. The second-order valence-electron chi connectivity index (χ2n) is 7.06. The molecule has 2 aromatic heterocycles. The van der Waals surface area contributed by atoms with Crippen LogP contribution in [0.4, 0.5) is 19.0 Å². The van der Waals surface area contributed by atoms with Crippen molar-refractivity contribution in [3.63, 3.8) is 0 Å². The molecule has 1 amide bonds. The molecule has 0 atom stereocenters. The van der Waals surface area contributed by atoms with Crippen LogP contribution in [0.25, 0.3) is 33.3 Å². The van der Waals surface area contributed by atoms with Gasteiger partial charge in [0.1, 0.15) is 5.82 Å². The van der Waals surface area contributed by atoms with Gasteiger partial charge >= 0.3 is 6.18 Å². The van der Waals surface area contributed by atoms with E-state index in [0.717, 1.165) is 12.1 Å². The molecule has 2 aromatic carbocycles. The molecule has 0 bridgehead atoms. The van der Waals surface area contributed by atoms with Gasteiger partial charge in [0, 0.05) is 39.4 Å². The van der Waals surface area contributed by atoms with Gasteiger partial charge in [0.15, 0.2) is 10.8 Å². The molecule has 0 saturated heterocycles. The maximum atomic E-state index is 13.8. The second kappa shape index (κ2) is 8.94. The predicted molar refractivity (Wildman–Crippen MR) is 128 cm³/mol. The fourth-order valence-corrected chi connectivity index (χ4v) is 4.54. The molecule has 0 unspecified atom stereocenters. The Balaban J connectivity index is 2.03. The second-order valence-corrected chi connectivity index (χ2v) is 8.62. The van der Waals surface area contributed by atoms with E-state index in [1.165, 1.54) is 30.0 Å². The molecule has 4 N–H and O–H groups in total. The zero-order chi connectivity index (χ0) is 24.8. The molecule has 2 heterocycles. The van der Waals surface area contributed by atoms with Crippen molar-refractivity contribution in [1.82, 2.24) is 15.0 Å². The number of fused-ring (bicyclic) bond motifs is 1. The Labute approximate surface area is 205 Å². The van der Waals surface area contributed by atoms with Crippen molar-refractivity contribution in [1.29, 1.82) is 0 Å². The highest BCUT2D eigenvalue weighted by Gasteiger charge is 2.36. The summed E-state index contributed by atoms with van der Waals surface area (Å²) in [7, 11) is 0. The summed E-state index contributed by atoms with van der Waals surface area (Å²) in [5, 5.41) is 0.982. The van der Waals surface area contributed by atoms with Crippen LogP contribution < -0.4 is 11.5 Å². The smallest absolute Gasteiger partial charge is 0.383 e. The Morgan fingerprint density at radius 2 is 1.79 bits per heavy atom. The number of alkyl halides is 3. The Hall–Kier alpha value is -3.08. The Morgan fingerprint density at radius 3 is 2.44 bits per heavy atom. The fourth-order valence-electron chi connectivity index (χ4n) is 3.54. The number of hydrogen-bond donors (Lipinski definition) is 2. The maximum absolute atomic E-state index is 13.8. The summed E-state index contributed by atoms with van der Waals surface area (Å²) in [6.07, 6.45) is -1.43. The average molecular weight is 524 g/mol. The fraction of sp³-hybridized carbons (Fsp3) is 0.0909. The van der Waals surface area contributed by atoms with Crippen LogP contribution in [0.15, 0.2) is 47.8 Å². The quantitative estimate of drug-likeness (QED) is 0.247. The third-order valence-electron chi connectivity index (χ3n) is 5.02. The molecule has 34 heavy (non-hydrogen) atoms. The van der Waals surface area contributed by atoms with Crippen molar-refractivity contribution in [2.75, 3.05) is 12.0 Å². The number of pyridine rings is 1. The van der Waals surface area contributed by atoms with E-state index in [9.17, 15) is 18.0 Å². The molecule has 0 saturated carbocycles. The lowest BCUT2D eigenvalue weighted by Crippen LogP contribution is -2.16. The van der Waals surface area contributed by atoms with Crippen molar-refractivity contribution < 1.29 is 18.0 Å². The molecule has 0 aliphatic heterocycles. The van der Waals surface area contributed by atoms with Crippen molar-refractivity contribution >= 4 is 57.7 Å². The van der Waals surface area contributed by atoms with Gasteiger partial charge in [-0.05, 0) is 30.5 Å². The number of carbonyl (C=O) groups excluding carboxylic acids is 1. The van der Waals surface area contributed by atoms with Gasteiger partial charge in [0.2, 0.25) is 5.91 Å². The van der Waals surface area contributed by atoms with E-state index in [-0.39, 0.29) is 38.1 Å². The zero-order valence-electron chi connectivity index (χ0n) is 17.2. The zero-order valence-corrected chi connectivity index (χ0v) is 19.6. The highest BCUT2D eigenvalue weighted by atomic mass is 35.5. The van der Waals surface area contributed by atoms with Crippen LogP contribution in [0.5, 0.6) is 0 Å². The average Bonchev–Trinajstić information content (AvgIpc) is 2.78. The topological polar surface area (TPSA) is 108 Å². The number of anilines is 1. The van der Waals surface area contributed by atoms with Crippen molar-refractivity contribution in [3.05, 3.63) is 63.8 Å². The summed E-state index contributed by atoms with van der Waals surface area (Å²) in [4.78, 5) is 24.8. The highest BCUT2D eigenvalue weighted by molar-refractivity contribution is 7.98. The van der Waals surface area contributed by atoms with Gasteiger partial charge in [-0.1, -0.05) is 47.1 Å². The number of nitrogens with zero attached hydrogens (tertiary/aromatic N) is 3. The van der Waals surface area contributed by atoms with Crippen LogP contribution in [0, 0.1) is 0 Å². The summed E-state index contributed by atoms with van der Waals surface area (Å²) in [5.74, 6) is -1.03. The van der Waals surface area contributed by atoms with Crippen molar-refractivity contribution in [3.8, 4) is 22.3 Å². The number of carbonyl (C=O) groups is 1. The minimum Gasteiger partial charge on any atom is -0.383 e. The molecule has 12 heteroatoms. The lowest BCUT2D eigenvalue weighted by atomic mass is 9.91. The lowest BCUT2D eigenvalue weighted by molar-refractivity contribution is -0.137. The first-order chi connectivity index (χ1) is 16.0. The van der Waals surface area contributed by atoms with Crippen LogP contribution >= 0.6 is 35.0 Å². The van der Waals surface area contributed by atoms with E-state index in [1.807, 2.05) is 6.26 Å². The molecular formula is C22H14Cl2F3N5OS. The molecule has 0 spiro atoms. The molecule has 4 aromatic rings. The molecule has 4 rings (SSSR count). The van der Waals surface area contributed by atoms with Crippen molar-refractivity contribution in [2.45, 2.75) is 11.3 Å². The van der Waals surface area contributed by atoms with E-state index in [2.05, 4.69) is 15.0 Å². The molecule has 0 radical (unpaired) electrons. The van der Waals surface area contributed by atoms with Crippen molar-refractivity contribution in [2.24, 2.45) is 5.73 Å². The van der Waals surface area contributed by atoms with Gasteiger partial charge in [-0.15, -0.1) is 0 Å². The number of amides is 1. The molecule has 0 aliphatic rings. The normalized spacial score (nSPS) is 11.7. The van der Waals surface area contributed by atoms with Crippen LogP contribution in [0.1, 0.15) is 15.9 Å². The molecule has 0 fully saturated rings. The third kappa shape index (κ3) is 4.24. The Bertz CT molecular complexity index is 1460. The van der Waals surface area contributed by atoms with E-state index in [0.29, 0.717) is 16.2 Å². The summed E-state index contributed by atoms with van der Waals surface area (Å²) in [5.41, 5.74) is 10.4. The van der Waals surface area contributed by atoms with E-state index in [1.54, 1.807) is 12.3 Å². The summed E-state index contributed by atoms with van der Waals surface area (Å²) in [6.45, 7) is 0. The van der Waals surface area contributed by atoms with Crippen LogP contribution in [-0.4, -0.2) is 27.1 Å². The largest absolute Gasteiger partial charge is 0.417 e. The minimum atomic E-state index is -4.78. The Kier molecular flexibility index (Phi) is 6.32. The number of benzene rings is 2. The standard InChI is InChI=1S/C22H14Cl2F3N5OS/c1-34-21-30-8-9-7-12(18(28)31-20(9)32-21)16-14(23)6-5-10(17(16)24)15-11(19(29)33)3-2-4-13(15)22(25,26)27/h2-8H,1H3,(H2,29,33)(H2,28,30,31,32). The number of hydrogen-bond acceptors (Lipinski definition) is 6. The predicted octanol–water partition coefficient (Wildman–Crippen LogP) is 6.09. The van der Waals surface area contributed by atoms with E-state index >= 15 is 0 Å². The number of nitrogens with two attached hydrogens (primary N) is 2. The molecule has 0 aliphatic carbocycles. The van der Waals surface area contributed by atoms with Crippen LogP contribution in [0.3, 0.4) is 0 Å². The molecule has 6 nitrogen and oxygen atoms in total. The number of rotatable bonds is 4. The number of primary amides is 1. The summed E-state index contributed by atoms with van der Waals surface area (Å²) < 4.78 is 41.5. The van der Waals surface area contributed by atoms with E-state index < -0.39 is 23.2 Å². The van der Waals surface area contributed by atoms with Gasteiger partial charge < -0.3 is 11.5 Å². The first-order valence-electron chi connectivity index (χ1n) is 9.49. The van der Waals surface area contributed by atoms with Gasteiger partial charge in [0.05, 0.1) is 15.6 Å². The lowest BCUT2D eigenvalue weighted by Gasteiger charge is -2.19. The SMILES string of the molecule is CSc1ncc2cc(-c3c(Cl)ccc(-c4c(C(N)=O)cccc4C(F)(F)F)c3Cl)c(N)nc2n1. The number of thioether (sulfide) groups is 1. The Morgan fingerprint density at radius 1 is 1.06 bits per heavy atom. The molecule has 174 valence electrons. The molecular weight excluding hydrogens is 510 g/mol. The van der Waals surface area contributed by atoms with Gasteiger partial charge in [-0.3, -0.25) is 4.79 Å². The maximum Gasteiger partial charge on any atom is 0.417 e. The van der Waals surface area contributed by atoms with Gasteiger partial charge in [0.25, 0.3) is 0 Å². The van der Waals surface area contributed by atoms with Gasteiger partial charge in [-0.2, -0.15) is 13.2 Å². The van der Waals surface area contributed by atoms with Gasteiger partial charge in [-0.25, -0.2) is 15.0 Å². The van der Waals surface area contributed by atoms with Crippen LogP contribution in [-0.2, 0) is 6.18 Å². The summed E-state index contributed by atoms with van der Waals surface area (Å²) in [6, 6.07) is 7.41. The summed E-state index contributed by atoms with van der Waals surface area (Å²) >= 11 is 14.4. The third-order valence-corrected chi connectivity index (χ3v) is 6.29. The van der Waals surface area contributed by atoms with Crippen LogP contribution in [0.2, 0.25) is 10.0 Å². The number of halogens is 5. The number of aromatic nitrogens is 3. The minimum absolute atomic E-state index is 0.0124. The first kappa shape index (κ1) is 24.1.